The first-order chi connectivity index (χ1) is 15.4. The minimum atomic E-state index is -3.74. The van der Waals surface area contributed by atoms with Gasteiger partial charge in [-0.25, -0.2) is 8.42 Å². The number of rotatable bonds is 10. The molecule has 1 atom stereocenters. The zero-order chi connectivity index (χ0) is 24.8. The minimum absolute atomic E-state index is 0.0850. The van der Waals surface area contributed by atoms with Gasteiger partial charge in [-0.05, 0) is 57.0 Å². The van der Waals surface area contributed by atoms with Crippen molar-refractivity contribution in [3.05, 3.63) is 64.1 Å². The number of benzene rings is 2. The van der Waals surface area contributed by atoms with Crippen LogP contribution in [0.2, 0.25) is 0 Å². The molecule has 180 valence electrons. The van der Waals surface area contributed by atoms with Crippen LogP contribution in [0.1, 0.15) is 38.3 Å². The largest absolute Gasteiger partial charge is 0.352 e. The summed E-state index contributed by atoms with van der Waals surface area (Å²) in [5, 5.41) is 2.88. The fourth-order valence-electron chi connectivity index (χ4n) is 3.41. The Bertz CT molecular complexity index is 1050. The van der Waals surface area contributed by atoms with E-state index in [4.69, 9.17) is 0 Å². The first-order valence-electron chi connectivity index (χ1n) is 10.8. The molecule has 0 spiro atoms. The van der Waals surface area contributed by atoms with E-state index >= 15 is 0 Å². The highest BCUT2D eigenvalue weighted by Gasteiger charge is 2.31. The second kappa shape index (κ2) is 11.7. The number of anilines is 1. The van der Waals surface area contributed by atoms with Crippen LogP contribution in [-0.2, 0) is 26.2 Å². The Morgan fingerprint density at radius 3 is 2.09 bits per heavy atom. The van der Waals surface area contributed by atoms with Gasteiger partial charge in [0.2, 0.25) is 21.8 Å². The van der Waals surface area contributed by atoms with Gasteiger partial charge in [0.15, 0.2) is 0 Å². The fourth-order valence-corrected chi connectivity index (χ4v) is 4.53. The highest BCUT2D eigenvalue weighted by molar-refractivity contribution is 9.10. The second-order valence-electron chi connectivity index (χ2n) is 8.34. The van der Waals surface area contributed by atoms with Crippen molar-refractivity contribution >= 4 is 43.5 Å². The highest BCUT2D eigenvalue weighted by atomic mass is 79.9. The average molecular weight is 539 g/mol. The molecule has 7 nitrogen and oxygen atoms in total. The lowest BCUT2D eigenvalue weighted by Gasteiger charge is -2.33. The Morgan fingerprint density at radius 2 is 1.61 bits per heavy atom. The predicted molar refractivity (Wildman–Crippen MR) is 135 cm³/mol. The van der Waals surface area contributed by atoms with E-state index in [1.165, 1.54) is 4.90 Å². The Hall–Kier alpha value is -2.39. The van der Waals surface area contributed by atoms with Crippen molar-refractivity contribution in [1.82, 2.24) is 10.2 Å². The van der Waals surface area contributed by atoms with Crippen LogP contribution < -0.4 is 9.62 Å². The maximum atomic E-state index is 13.5. The number of aryl methyl sites for hydroxylation is 1. The quantitative estimate of drug-likeness (QED) is 0.498. The predicted octanol–water partition coefficient (Wildman–Crippen LogP) is 3.86. The van der Waals surface area contributed by atoms with Crippen molar-refractivity contribution in [3.63, 3.8) is 0 Å². The molecule has 2 aromatic rings. The molecule has 1 unspecified atom stereocenters. The minimum Gasteiger partial charge on any atom is -0.352 e. The molecule has 2 amide bonds. The van der Waals surface area contributed by atoms with Crippen molar-refractivity contribution in [1.29, 1.82) is 0 Å². The van der Waals surface area contributed by atoms with Crippen LogP contribution in [0.4, 0.5) is 5.69 Å². The number of carbonyl (C=O) groups excluding carboxylic acids is 2. The van der Waals surface area contributed by atoms with Gasteiger partial charge in [-0.1, -0.05) is 52.7 Å². The van der Waals surface area contributed by atoms with Gasteiger partial charge >= 0.3 is 0 Å². The van der Waals surface area contributed by atoms with Gasteiger partial charge in [0.1, 0.15) is 12.6 Å². The lowest BCUT2D eigenvalue weighted by molar-refractivity contribution is -0.140. The maximum absolute atomic E-state index is 13.5. The molecule has 0 radical (unpaired) electrons. The smallest absolute Gasteiger partial charge is 0.244 e. The third-order valence-electron chi connectivity index (χ3n) is 5.08. The zero-order valence-electron chi connectivity index (χ0n) is 19.7. The second-order valence-corrected chi connectivity index (χ2v) is 11.2. The number of amides is 2. The standard InChI is InChI=1S/C24H32BrN3O4S/c1-6-22(24(30)26-17(2)3)27(15-19-9-7-18(4)8-10-19)23(29)16-28(33(5,31)32)21-13-11-20(25)12-14-21/h7-14,17,22H,6,15-16H2,1-5H3,(H,26,30). The van der Waals surface area contributed by atoms with Gasteiger partial charge < -0.3 is 10.2 Å². The van der Waals surface area contributed by atoms with E-state index in [-0.39, 0.29) is 18.5 Å². The van der Waals surface area contributed by atoms with E-state index in [0.29, 0.717) is 12.1 Å². The summed E-state index contributed by atoms with van der Waals surface area (Å²) in [4.78, 5) is 27.9. The molecule has 0 saturated heterocycles. The van der Waals surface area contributed by atoms with Gasteiger partial charge in [0, 0.05) is 17.1 Å². The van der Waals surface area contributed by atoms with Gasteiger partial charge in [-0.2, -0.15) is 0 Å². The number of hydrogen-bond donors (Lipinski definition) is 1. The molecule has 0 saturated carbocycles. The van der Waals surface area contributed by atoms with Crippen molar-refractivity contribution in [2.24, 2.45) is 0 Å². The van der Waals surface area contributed by atoms with Crippen molar-refractivity contribution < 1.29 is 18.0 Å². The highest BCUT2D eigenvalue weighted by Crippen LogP contribution is 2.22. The Kier molecular flexibility index (Phi) is 9.48. The van der Waals surface area contributed by atoms with Gasteiger partial charge in [-0.15, -0.1) is 0 Å². The first kappa shape index (κ1) is 26.9. The summed E-state index contributed by atoms with van der Waals surface area (Å²) in [5.74, 6) is -0.711. The molecule has 0 heterocycles. The third kappa shape index (κ3) is 7.85. The Labute approximate surface area is 205 Å². The molecule has 0 fully saturated rings. The summed E-state index contributed by atoms with van der Waals surface area (Å²) < 4.78 is 27.0. The average Bonchev–Trinajstić information content (AvgIpc) is 2.72. The molecular formula is C24H32BrN3O4S. The summed E-state index contributed by atoms with van der Waals surface area (Å²) in [7, 11) is -3.74. The summed E-state index contributed by atoms with van der Waals surface area (Å²) in [6.45, 7) is 7.31. The molecule has 33 heavy (non-hydrogen) atoms. The van der Waals surface area contributed by atoms with Crippen LogP contribution in [0.25, 0.3) is 0 Å². The molecule has 0 aliphatic carbocycles. The molecule has 9 heteroatoms. The van der Waals surface area contributed by atoms with Crippen LogP contribution in [0.3, 0.4) is 0 Å². The molecule has 0 aliphatic heterocycles. The molecule has 0 aromatic heterocycles. The van der Waals surface area contributed by atoms with Crippen molar-refractivity contribution in [2.45, 2.75) is 52.7 Å². The molecule has 0 bridgehead atoms. The summed E-state index contributed by atoms with van der Waals surface area (Å²) >= 11 is 3.34. The van der Waals surface area contributed by atoms with Gasteiger partial charge in [-0.3, -0.25) is 13.9 Å². The van der Waals surface area contributed by atoms with Crippen molar-refractivity contribution in [2.75, 3.05) is 17.1 Å². The molecular weight excluding hydrogens is 506 g/mol. The summed E-state index contributed by atoms with van der Waals surface area (Å²) in [6.07, 6.45) is 1.46. The molecule has 1 N–H and O–H groups in total. The number of nitrogens with zero attached hydrogens (tertiary/aromatic N) is 2. The number of halogens is 1. The van der Waals surface area contributed by atoms with Crippen LogP contribution in [0.5, 0.6) is 0 Å². The fraction of sp³-hybridized carbons (Fsp3) is 0.417. The lowest BCUT2D eigenvalue weighted by Crippen LogP contribution is -2.53. The third-order valence-corrected chi connectivity index (χ3v) is 6.75. The van der Waals surface area contributed by atoms with Crippen LogP contribution in [-0.4, -0.2) is 50.0 Å². The Balaban J connectivity index is 2.42. The van der Waals surface area contributed by atoms with E-state index in [1.54, 1.807) is 24.3 Å². The topological polar surface area (TPSA) is 86.8 Å². The summed E-state index contributed by atoms with van der Waals surface area (Å²) in [5.41, 5.74) is 2.32. The van der Waals surface area contributed by atoms with E-state index in [9.17, 15) is 18.0 Å². The maximum Gasteiger partial charge on any atom is 0.244 e. The zero-order valence-corrected chi connectivity index (χ0v) is 22.1. The molecule has 0 aliphatic rings. The number of sulfonamides is 1. The van der Waals surface area contributed by atoms with Gasteiger partial charge in [0.25, 0.3) is 0 Å². The van der Waals surface area contributed by atoms with Crippen LogP contribution >= 0.6 is 15.9 Å². The first-order valence-corrected chi connectivity index (χ1v) is 13.4. The van der Waals surface area contributed by atoms with Gasteiger partial charge in [0.05, 0.1) is 11.9 Å². The van der Waals surface area contributed by atoms with Crippen LogP contribution in [0, 0.1) is 6.92 Å². The van der Waals surface area contributed by atoms with Crippen molar-refractivity contribution in [3.8, 4) is 0 Å². The van der Waals surface area contributed by atoms with E-state index < -0.39 is 28.5 Å². The summed E-state index contributed by atoms with van der Waals surface area (Å²) in [6, 6.07) is 13.6. The lowest BCUT2D eigenvalue weighted by atomic mass is 10.1. The molecule has 2 aromatic carbocycles. The Morgan fingerprint density at radius 1 is 1.03 bits per heavy atom. The molecule has 2 rings (SSSR count). The monoisotopic (exact) mass is 537 g/mol. The SMILES string of the molecule is CCC(C(=O)NC(C)C)N(Cc1ccc(C)cc1)C(=O)CN(c1ccc(Br)cc1)S(C)(=O)=O. The number of carbonyl (C=O) groups is 2. The van der Waals surface area contributed by atoms with E-state index in [2.05, 4.69) is 21.2 Å². The normalized spacial score (nSPS) is 12.3. The van der Waals surface area contributed by atoms with E-state index in [1.807, 2.05) is 52.0 Å². The number of hydrogen-bond acceptors (Lipinski definition) is 4. The van der Waals surface area contributed by atoms with Crippen LogP contribution in [0.15, 0.2) is 53.0 Å². The van der Waals surface area contributed by atoms with E-state index in [0.717, 1.165) is 26.2 Å². The number of nitrogens with one attached hydrogen (secondary N) is 1.